The van der Waals surface area contributed by atoms with Gasteiger partial charge in [-0.05, 0) is 56.3 Å². The van der Waals surface area contributed by atoms with Gasteiger partial charge in [0.2, 0.25) is 5.91 Å². The predicted molar refractivity (Wildman–Crippen MR) is 85.4 cm³/mol. The molecule has 2 rings (SSSR count). The Morgan fingerprint density at radius 3 is 2.95 bits per heavy atom. The number of halogens is 1. The van der Waals surface area contributed by atoms with Crippen LogP contribution in [0.3, 0.4) is 0 Å². The molecule has 0 aromatic heterocycles. The fourth-order valence-electron chi connectivity index (χ4n) is 3.00. The van der Waals surface area contributed by atoms with E-state index in [2.05, 4.69) is 39.0 Å². The molecule has 0 unspecified atom stereocenters. The fourth-order valence-corrected chi connectivity index (χ4v) is 3.48. The van der Waals surface area contributed by atoms with E-state index in [1.807, 2.05) is 6.07 Å². The molecule has 3 nitrogen and oxygen atoms in total. The van der Waals surface area contributed by atoms with Crippen molar-refractivity contribution in [1.29, 1.82) is 0 Å². The van der Waals surface area contributed by atoms with E-state index in [9.17, 15) is 4.79 Å². The molecule has 0 bridgehead atoms. The molecule has 110 valence electrons. The second-order valence-corrected chi connectivity index (χ2v) is 6.53. The number of benzene rings is 1. The lowest BCUT2D eigenvalue weighted by molar-refractivity contribution is -0.119. The Hall–Kier alpha value is -0.870. The van der Waals surface area contributed by atoms with E-state index in [4.69, 9.17) is 5.73 Å². The van der Waals surface area contributed by atoms with E-state index in [1.54, 1.807) is 0 Å². The van der Waals surface area contributed by atoms with Crippen LogP contribution >= 0.6 is 15.9 Å². The van der Waals surface area contributed by atoms with Crippen LogP contribution in [0.15, 0.2) is 28.7 Å². The van der Waals surface area contributed by atoms with Crippen LogP contribution in [-0.4, -0.2) is 30.4 Å². The predicted octanol–water partition coefficient (Wildman–Crippen LogP) is 2.97. The maximum atomic E-state index is 11.0. The summed E-state index contributed by atoms with van der Waals surface area (Å²) in [5, 5.41) is 0. The summed E-state index contributed by atoms with van der Waals surface area (Å²) >= 11 is 3.59. The molecule has 1 fully saturated rings. The standard InChI is InChI=1S/C16H23BrN2O/c17-15-8-2-1-6-14(15)7-4-10-19-9-3-5-13(12-19)11-16(18)20/h1-2,6,8,13H,3-5,7,9-12H2,(H2,18,20)/t13-/m1/s1. The lowest BCUT2D eigenvalue weighted by Crippen LogP contribution is -2.37. The Labute approximate surface area is 129 Å². The lowest BCUT2D eigenvalue weighted by Gasteiger charge is -2.32. The third-order valence-corrected chi connectivity index (χ3v) is 4.74. The highest BCUT2D eigenvalue weighted by atomic mass is 79.9. The molecule has 2 N–H and O–H groups in total. The molecule has 1 aromatic carbocycles. The SMILES string of the molecule is NC(=O)C[C@H]1CCCN(CCCc2ccccc2Br)C1. The zero-order valence-electron chi connectivity index (χ0n) is 11.9. The molecule has 1 atom stereocenters. The number of likely N-dealkylation sites (tertiary alicyclic amines) is 1. The smallest absolute Gasteiger partial charge is 0.217 e. The van der Waals surface area contributed by atoms with Crippen LogP contribution in [0, 0.1) is 5.92 Å². The number of amides is 1. The first-order valence-corrected chi connectivity index (χ1v) is 8.18. The Balaban J connectivity index is 1.74. The maximum absolute atomic E-state index is 11.0. The summed E-state index contributed by atoms with van der Waals surface area (Å²) in [7, 11) is 0. The Morgan fingerprint density at radius 2 is 2.20 bits per heavy atom. The van der Waals surface area contributed by atoms with Gasteiger partial charge in [0.1, 0.15) is 0 Å². The minimum Gasteiger partial charge on any atom is -0.370 e. The van der Waals surface area contributed by atoms with Gasteiger partial charge in [-0.15, -0.1) is 0 Å². The summed E-state index contributed by atoms with van der Waals surface area (Å²) in [5.41, 5.74) is 6.67. The molecule has 0 saturated carbocycles. The van der Waals surface area contributed by atoms with Gasteiger partial charge in [0.15, 0.2) is 0 Å². The number of carbonyl (C=O) groups is 1. The van der Waals surface area contributed by atoms with E-state index in [0.29, 0.717) is 12.3 Å². The summed E-state index contributed by atoms with van der Waals surface area (Å²) in [6.07, 6.45) is 5.13. The topological polar surface area (TPSA) is 46.3 Å². The van der Waals surface area contributed by atoms with Crippen molar-refractivity contribution in [2.24, 2.45) is 11.7 Å². The molecule has 0 aliphatic carbocycles. The minimum atomic E-state index is -0.162. The van der Waals surface area contributed by atoms with Gasteiger partial charge in [0, 0.05) is 17.4 Å². The molecule has 1 heterocycles. The molecule has 1 aromatic rings. The van der Waals surface area contributed by atoms with Crippen LogP contribution in [0.4, 0.5) is 0 Å². The van der Waals surface area contributed by atoms with E-state index < -0.39 is 0 Å². The lowest BCUT2D eigenvalue weighted by atomic mass is 9.94. The maximum Gasteiger partial charge on any atom is 0.217 e. The Bertz CT molecular complexity index is 450. The first kappa shape index (κ1) is 15.5. The molecule has 0 radical (unpaired) electrons. The first-order chi connectivity index (χ1) is 9.65. The molecule has 1 saturated heterocycles. The number of rotatable bonds is 6. The quantitative estimate of drug-likeness (QED) is 0.866. The van der Waals surface area contributed by atoms with Gasteiger partial charge < -0.3 is 10.6 Å². The Morgan fingerprint density at radius 1 is 1.40 bits per heavy atom. The number of carbonyl (C=O) groups excluding carboxylic acids is 1. The number of piperidine rings is 1. The number of aryl methyl sites for hydroxylation is 1. The molecular weight excluding hydrogens is 316 g/mol. The summed E-state index contributed by atoms with van der Waals surface area (Å²) in [4.78, 5) is 13.5. The van der Waals surface area contributed by atoms with Crippen molar-refractivity contribution in [3.8, 4) is 0 Å². The van der Waals surface area contributed by atoms with Crippen molar-refractivity contribution >= 4 is 21.8 Å². The van der Waals surface area contributed by atoms with Gasteiger partial charge in [-0.3, -0.25) is 4.79 Å². The number of primary amides is 1. The van der Waals surface area contributed by atoms with E-state index in [-0.39, 0.29) is 5.91 Å². The largest absolute Gasteiger partial charge is 0.370 e. The normalized spacial score (nSPS) is 19.9. The minimum absolute atomic E-state index is 0.162. The fraction of sp³-hybridized carbons (Fsp3) is 0.562. The van der Waals surface area contributed by atoms with Gasteiger partial charge in [-0.25, -0.2) is 0 Å². The Kier molecular flexibility index (Phi) is 6.05. The second-order valence-electron chi connectivity index (χ2n) is 5.67. The van der Waals surface area contributed by atoms with Crippen LogP contribution in [0.5, 0.6) is 0 Å². The van der Waals surface area contributed by atoms with E-state index in [1.165, 1.54) is 16.5 Å². The summed E-state index contributed by atoms with van der Waals surface area (Å²) in [6.45, 7) is 3.29. The average Bonchev–Trinajstić information content (AvgIpc) is 2.41. The van der Waals surface area contributed by atoms with Gasteiger partial charge in [0.25, 0.3) is 0 Å². The number of nitrogens with two attached hydrogens (primary N) is 1. The third kappa shape index (κ3) is 4.91. The highest BCUT2D eigenvalue weighted by Crippen LogP contribution is 2.21. The molecule has 0 spiro atoms. The van der Waals surface area contributed by atoms with E-state index >= 15 is 0 Å². The molecule has 4 heteroatoms. The summed E-state index contributed by atoms with van der Waals surface area (Å²) in [5.74, 6) is 0.301. The number of nitrogens with zero attached hydrogens (tertiary/aromatic N) is 1. The van der Waals surface area contributed by atoms with Crippen molar-refractivity contribution in [3.05, 3.63) is 34.3 Å². The van der Waals surface area contributed by atoms with Crippen molar-refractivity contribution in [2.75, 3.05) is 19.6 Å². The highest BCUT2D eigenvalue weighted by Gasteiger charge is 2.20. The molecule has 1 aliphatic rings. The summed E-state index contributed by atoms with van der Waals surface area (Å²) in [6, 6.07) is 8.41. The van der Waals surface area contributed by atoms with Crippen molar-refractivity contribution in [1.82, 2.24) is 4.90 Å². The van der Waals surface area contributed by atoms with Crippen LogP contribution in [0.25, 0.3) is 0 Å². The van der Waals surface area contributed by atoms with Crippen molar-refractivity contribution in [3.63, 3.8) is 0 Å². The van der Waals surface area contributed by atoms with Gasteiger partial charge in [-0.2, -0.15) is 0 Å². The molecule has 1 aliphatic heterocycles. The zero-order chi connectivity index (χ0) is 14.4. The molecule has 20 heavy (non-hydrogen) atoms. The summed E-state index contributed by atoms with van der Waals surface area (Å²) < 4.78 is 1.20. The van der Waals surface area contributed by atoms with Gasteiger partial charge >= 0.3 is 0 Å². The third-order valence-electron chi connectivity index (χ3n) is 3.97. The van der Waals surface area contributed by atoms with Crippen LogP contribution in [0.1, 0.15) is 31.2 Å². The molecular formula is C16H23BrN2O. The first-order valence-electron chi connectivity index (χ1n) is 7.39. The van der Waals surface area contributed by atoms with Crippen LogP contribution < -0.4 is 5.73 Å². The highest BCUT2D eigenvalue weighted by molar-refractivity contribution is 9.10. The molecule has 1 amide bonds. The van der Waals surface area contributed by atoms with Crippen LogP contribution in [0.2, 0.25) is 0 Å². The van der Waals surface area contributed by atoms with Crippen LogP contribution in [-0.2, 0) is 11.2 Å². The van der Waals surface area contributed by atoms with Crippen molar-refractivity contribution in [2.45, 2.75) is 32.1 Å². The zero-order valence-corrected chi connectivity index (χ0v) is 13.4. The van der Waals surface area contributed by atoms with Crippen molar-refractivity contribution < 1.29 is 4.79 Å². The number of hydrogen-bond donors (Lipinski definition) is 1. The average molecular weight is 339 g/mol. The second kappa shape index (κ2) is 7.79. The monoisotopic (exact) mass is 338 g/mol. The van der Waals surface area contributed by atoms with Gasteiger partial charge in [0.05, 0.1) is 0 Å². The number of hydrogen-bond acceptors (Lipinski definition) is 2. The van der Waals surface area contributed by atoms with E-state index in [0.717, 1.165) is 38.9 Å². The van der Waals surface area contributed by atoms with Gasteiger partial charge in [-0.1, -0.05) is 34.1 Å².